The van der Waals surface area contributed by atoms with Crippen LogP contribution in [0.2, 0.25) is 0 Å². The number of ether oxygens (including phenoxy) is 1. The SMILES string of the molecule is CCCN1C(=O)COc2ccc(-c3csc(NS(=O)(=O)c4ccc(C)c(C)c4)n3)cc21. The Morgan fingerprint density at radius 2 is 1.97 bits per heavy atom. The molecule has 0 fully saturated rings. The van der Waals surface area contributed by atoms with Gasteiger partial charge in [0.1, 0.15) is 5.75 Å². The zero-order chi connectivity index (χ0) is 22.2. The van der Waals surface area contributed by atoms with Gasteiger partial charge >= 0.3 is 0 Å². The first-order valence-corrected chi connectivity index (χ1v) is 12.3. The molecule has 1 aliphatic rings. The molecule has 0 saturated heterocycles. The van der Waals surface area contributed by atoms with E-state index in [2.05, 4.69) is 9.71 Å². The quantitative estimate of drug-likeness (QED) is 0.594. The first-order valence-electron chi connectivity index (χ1n) is 9.91. The Balaban J connectivity index is 1.60. The average Bonchev–Trinajstić information content (AvgIpc) is 3.19. The minimum absolute atomic E-state index is 0.0352. The number of sulfonamides is 1. The van der Waals surface area contributed by atoms with Gasteiger partial charge in [0.05, 0.1) is 16.3 Å². The van der Waals surface area contributed by atoms with Crippen molar-refractivity contribution in [2.24, 2.45) is 0 Å². The predicted molar refractivity (Wildman–Crippen MR) is 122 cm³/mol. The minimum atomic E-state index is -3.73. The maximum absolute atomic E-state index is 12.7. The number of thiazole rings is 1. The van der Waals surface area contributed by atoms with Crippen LogP contribution in [0.4, 0.5) is 10.8 Å². The topological polar surface area (TPSA) is 88.6 Å². The molecule has 1 N–H and O–H groups in total. The summed E-state index contributed by atoms with van der Waals surface area (Å²) >= 11 is 1.21. The highest BCUT2D eigenvalue weighted by Gasteiger charge is 2.25. The van der Waals surface area contributed by atoms with Crippen LogP contribution in [0.25, 0.3) is 11.3 Å². The Hall–Kier alpha value is -2.91. The number of nitrogens with one attached hydrogen (secondary N) is 1. The monoisotopic (exact) mass is 457 g/mol. The Bertz CT molecular complexity index is 1250. The second kappa shape index (κ2) is 8.32. The minimum Gasteiger partial charge on any atom is -0.482 e. The van der Waals surface area contributed by atoms with Crippen molar-refractivity contribution in [2.75, 3.05) is 22.8 Å². The van der Waals surface area contributed by atoms with E-state index in [0.29, 0.717) is 23.7 Å². The van der Waals surface area contributed by atoms with Crippen LogP contribution in [-0.2, 0) is 14.8 Å². The van der Waals surface area contributed by atoms with E-state index in [0.717, 1.165) is 23.1 Å². The van der Waals surface area contributed by atoms with E-state index in [1.54, 1.807) is 28.5 Å². The fourth-order valence-electron chi connectivity index (χ4n) is 3.34. The number of nitrogens with zero attached hydrogens (tertiary/aromatic N) is 2. The number of hydrogen-bond acceptors (Lipinski definition) is 6. The molecule has 0 unspecified atom stereocenters. The van der Waals surface area contributed by atoms with Gasteiger partial charge in [0.2, 0.25) is 0 Å². The maximum Gasteiger partial charge on any atom is 0.265 e. The summed E-state index contributed by atoms with van der Waals surface area (Å²) in [6, 6.07) is 10.6. The molecule has 1 aromatic heterocycles. The number of benzene rings is 2. The number of carbonyl (C=O) groups is 1. The summed E-state index contributed by atoms with van der Waals surface area (Å²) in [5, 5.41) is 2.07. The molecule has 31 heavy (non-hydrogen) atoms. The molecule has 2 heterocycles. The summed E-state index contributed by atoms with van der Waals surface area (Å²) in [7, 11) is -3.73. The molecule has 162 valence electrons. The van der Waals surface area contributed by atoms with Gasteiger partial charge in [-0.25, -0.2) is 13.4 Å². The molecule has 0 aliphatic carbocycles. The van der Waals surface area contributed by atoms with Crippen molar-refractivity contribution in [2.45, 2.75) is 32.1 Å². The van der Waals surface area contributed by atoms with E-state index in [1.807, 2.05) is 39.0 Å². The molecule has 0 spiro atoms. The lowest BCUT2D eigenvalue weighted by atomic mass is 10.1. The molecule has 3 aromatic rings. The van der Waals surface area contributed by atoms with Crippen molar-refractivity contribution in [3.8, 4) is 17.0 Å². The predicted octanol–water partition coefficient (Wildman–Crippen LogP) is 4.36. The van der Waals surface area contributed by atoms with Gasteiger partial charge in [-0.3, -0.25) is 9.52 Å². The van der Waals surface area contributed by atoms with E-state index < -0.39 is 10.0 Å². The van der Waals surface area contributed by atoms with Crippen molar-refractivity contribution in [1.82, 2.24) is 4.98 Å². The van der Waals surface area contributed by atoms with Crippen molar-refractivity contribution in [3.63, 3.8) is 0 Å². The van der Waals surface area contributed by atoms with Gasteiger partial charge in [0.25, 0.3) is 15.9 Å². The molecule has 0 saturated carbocycles. The van der Waals surface area contributed by atoms with Crippen LogP contribution in [-0.4, -0.2) is 32.5 Å². The highest BCUT2D eigenvalue weighted by Crippen LogP contribution is 2.37. The van der Waals surface area contributed by atoms with Gasteiger partial charge in [0, 0.05) is 17.5 Å². The number of rotatable bonds is 6. The van der Waals surface area contributed by atoms with Crippen LogP contribution in [0.5, 0.6) is 5.75 Å². The summed E-state index contributed by atoms with van der Waals surface area (Å²) in [5.74, 6) is 0.578. The first kappa shape index (κ1) is 21.3. The van der Waals surface area contributed by atoms with Crippen LogP contribution in [0.1, 0.15) is 24.5 Å². The van der Waals surface area contributed by atoms with Crippen molar-refractivity contribution in [1.29, 1.82) is 0 Å². The lowest BCUT2D eigenvalue weighted by Gasteiger charge is -2.29. The van der Waals surface area contributed by atoms with Gasteiger partial charge in [-0.05, 0) is 61.7 Å². The standard InChI is InChI=1S/C22H23N3O4S2/c1-4-9-25-19-11-16(6-8-20(19)29-12-21(25)26)18-13-30-22(23-18)24-31(27,28)17-7-5-14(2)15(3)10-17/h5-8,10-11,13H,4,9,12H2,1-3H3,(H,23,24). The van der Waals surface area contributed by atoms with Crippen LogP contribution in [0.15, 0.2) is 46.7 Å². The third-order valence-electron chi connectivity index (χ3n) is 5.16. The molecular formula is C22H23N3O4S2. The van der Waals surface area contributed by atoms with Crippen LogP contribution >= 0.6 is 11.3 Å². The van der Waals surface area contributed by atoms with Crippen LogP contribution in [0.3, 0.4) is 0 Å². The molecule has 9 heteroatoms. The fraction of sp³-hybridized carbons (Fsp3) is 0.273. The van der Waals surface area contributed by atoms with Crippen molar-refractivity contribution in [3.05, 3.63) is 52.9 Å². The number of aryl methyl sites for hydroxylation is 2. The Morgan fingerprint density at radius 1 is 1.16 bits per heavy atom. The molecule has 0 bridgehead atoms. The van der Waals surface area contributed by atoms with Gasteiger partial charge in [0.15, 0.2) is 11.7 Å². The maximum atomic E-state index is 12.7. The van der Waals surface area contributed by atoms with Gasteiger partial charge < -0.3 is 9.64 Å². The van der Waals surface area contributed by atoms with Crippen LogP contribution < -0.4 is 14.4 Å². The highest BCUT2D eigenvalue weighted by molar-refractivity contribution is 7.93. The van der Waals surface area contributed by atoms with E-state index in [-0.39, 0.29) is 22.5 Å². The lowest BCUT2D eigenvalue weighted by Crippen LogP contribution is -2.39. The Morgan fingerprint density at radius 3 is 2.71 bits per heavy atom. The second-order valence-corrected chi connectivity index (χ2v) is 9.95. The Kier molecular flexibility index (Phi) is 5.72. The summed E-state index contributed by atoms with van der Waals surface area (Å²) in [5.41, 5.74) is 4.06. The molecule has 7 nitrogen and oxygen atoms in total. The van der Waals surface area contributed by atoms with Gasteiger partial charge in [-0.1, -0.05) is 13.0 Å². The molecular weight excluding hydrogens is 434 g/mol. The van der Waals surface area contributed by atoms with Gasteiger partial charge in [-0.2, -0.15) is 0 Å². The summed E-state index contributed by atoms with van der Waals surface area (Å²) in [6.07, 6.45) is 0.830. The number of fused-ring (bicyclic) bond motifs is 1. The normalized spacial score (nSPS) is 13.6. The molecule has 0 radical (unpaired) electrons. The summed E-state index contributed by atoms with van der Waals surface area (Å²) in [6.45, 7) is 6.47. The molecule has 4 rings (SSSR count). The summed E-state index contributed by atoms with van der Waals surface area (Å²) in [4.78, 5) is 18.6. The van der Waals surface area contributed by atoms with Crippen molar-refractivity contribution < 1.29 is 17.9 Å². The zero-order valence-electron chi connectivity index (χ0n) is 17.5. The summed E-state index contributed by atoms with van der Waals surface area (Å²) < 4.78 is 33.6. The number of aromatic nitrogens is 1. The molecule has 2 aromatic carbocycles. The first-order chi connectivity index (χ1) is 14.8. The third-order valence-corrected chi connectivity index (χ3v) is 7.38. The second-order valence-electron chi connectivity index (χ2n) is 7.41. The third kappa shape index (κ3) is 4.28. The Labute approximate surface area is 185 Å². The average molecular weight is 458 g/mol. The highest BCUT2D eigenvalue weighted by atomic mass is 32.2. The smallest absolute Gasteiger partial charge is 0.265 e. The van der Waals surface area contributed by atoms with Crippen LogP contribution in [0, 0.1) is 13.8 Å². The number of hydrogen-bond donors (Lipinski definition) is 1. The number of anilines is 2. The molecule has 1 aliphatic heterocycles. The molecule has 1 amide bonds. The number of amides is 1. The van der Waals surface area contributed by atoms with E-state index in [1.165, 1.54) is 11.3 Å². The van der Waals surface area contributed by atoms with E-state index in [4.69, 9.17) is 4.74 Å². The van der Waals surface area contributed by atoms with Gasteiger partial charge in [-0.15, -0.1) is 11.3 Å². The van der Waals surface area contributed by atoms with E-state index >= 15 is 0 Å². The molecule has 0 atom stereocenters. The number of carbonyl (C=O) groups excluding carboxylic acids is 1. The lowest BCUT2D eigenvalue weighted by molar-refractivity contribution is -0.121. The largest absolute Gasteiger partial charge is 0.482 e. The van der Waals surface area contributed by atoms with E-state index in [9.17, 15) is 13.2 Å². The van der Waals surface area contributed by atoms with Crippen molar-refractivity contribution >= 4 is 38.1 Å². The fourth-order valence-corrected chi connectivity index (χ4v) is 5.40. The zero-order valence-corrected chi connectivity index (χ0v) is 19.1.